The van der Waals surface area contributed by atoms with Crippen molar-refractivity contribution in [3.05, 3.63) is 30.6 Å². The van der Waals surface area contributed by atoms with Gasteiger partial charge in [0.2, 0.25) is 10.0 Å². The van der Waals surface area contributed by atoms with E-state index in [1.165, 1.54) is 35.5 Å². The fraction of sp³-hybridized carbons (Fsp3) is 0.417. The lowest BCUT2D eigenvalue weighted by Gasteiger charge is -2.23. The van der Waals surface area contributed by atoms with Crippen molar-refractivity contribution in [3.63, 3.8) is 0 Å². The van der Waals surface area contributed by atoms with Gasteiger partial charge in [-0.3, -0.25) is 0 Å². The highest BCUT2D eigenvalue weighted by Gasteiger charge is 2.25. The van der Waals surface area contributed by atoms with E-state index in [-0.39, 0.29) is 10.9 Å². The summed E-state index contributed by atoms with van der Waals surface area (Å²) in [6.07, 6.45) is 1.41. The van der Waals surface area contributed by atoms with Crippen LogP contribution in [0.15, 0.2) is 35.5 Å². The summed E-state index contributed by atoms with van der Waals surface area (Å²) in [4.78, 5) is 0.181. The summed E-state index contributed by atoms with van der Waals surface area (Å²) in [7, 11) is -0.535. The monoisotopic (exact) mass is 311 g/mol. The predicted molar refractivity (Wildman–Crippen MR) is 75.4 cm³/mol. The number of rotatable bonds is 6. The molecule has 0 radical (unpaired) electrons. The van der Waals surface area contributed by atoms with Crippen LogP contribution in [0.5, 0.6) is 0 Å². The van der Waals surface area contributed by atoms with Gasteiger partial charge in [-0.2, -0.15) is 4.31 Å². The second kappa shape index (κ2) is 6.29. The van der Waals surface area contributed by atoms with Crippen LogP contribution in [0.25, 0.3) is 5.69 Å². The Morgan fingerprint density at radius 3 is 2.81 bits per heavy atom. The van der Waals surface area contributed by atoms with E-state index in [0.717, 1.165) is 0 Å². The summed E-state index contributed by atoms with van der Waals surface area (Å²) < 4.78 is 32.8. The van der Waals surface area contributed by atoms with E-state index in [4.69, 9.17) is 4.74 Å². The van der Waals surface area contributed by atoms with E-state index in [9.17, 15) is 8.42 Å². The summed E-state index contributed by atoms with van der Waals surface area (Å²) in [6.45, 7) is 2.11. The molecule has 1 aromatic carbocycles. The molecular weight excluding hydrogens is 294 g/mol. The fourth-order valence-electron chi connectivity index (χ4n) is 1.82. The first-order chi connectivity index (χ1) is 9.96. The minimum absolute atomic E-state index is 0.181. The van der Waals surface area contributed by atoms with Crippen molar-refractivity contribution in [1.29, 1.82) is 0 Å². The average molecular weight is 311 g/mol. The minimum atomic E-state index is -3.60. The molecule has 0 spiro atoms. The summed E-state index contributed by atoms with van der Waals surface area (Å²) in [5.41, 5.74) is 0.578. The number of aromatic nitrogens is 4. The molecule has 0 fully saturated rings. The maximum atomic E-state index is 12.6. The number of likely N-dealkylation sites (N-methyl/N-ethyl adjacent to an activating group) is 1. The molecule has 0 saturated carbocycles. The van der Waals surface area contributed by atoms with E-state index in [1.807, 2.05) is 0 Å². The Bertz CT molecular complexity index is 687. The lowest BCUT2D eigenvalue weighted by atomic mass is 10.3. The maximum Gasteiger partial charge on any atom is 0.243 e. The fourth-order valence-corrected chi connectivity index (χ4v) is 3.20. The third kappa shape index (κ3) is 3.26. The van der Waals surface area contributed by atoms with E-state index >= 15 is 0 Å². The van der Waals surface area contributed by atoms with Gasteiger partial charge in [0.05, 0.1) is 17.2 Å². The van der Waals surface area contributed by atoms with Gasteiger partial charge in [0.25, 0.3) is 0 Å². The van der Waals surface area contributed by atoms with Gasteiger partial charge in [-0.25, -0.2) is 13.1 Å². The molecule has 9 heteroatoms. The normalized spacial score (nSPS) is 13.5. The Labute approximate surface area is 123 Å². The zero-order valence-corrected chi connectivity index (χ0v) is 12.9. The molecule has 2 aromatic rings. The largest absolute Gasteiger partial charge is 0.383 e. The van der Waals surface area contributed by atoms with E-state index in [0.29, 0.717) is 12.3 Å². The van der Waals surface area contributed by atoms with Crippen LogP contribution in [0.2, 0.25) is 0 Å². The van der Waals surface area contributed by atoms with Gasteiger partial charge in [0.15, 0.2) is 0 Å². The highest BCUT2D eigenvalue weighted by molar-refractivity contribution is 7.89. The first kappa shape index (κ1) is 15.5. The van der Waals surface area contributed by atoms with Crippen molar-refractivity contribution >= 4 is 10.0 Å². The van der Waals surface area contributed by atoms with Crippen molar-refractivity contribution in [2.75, 3.05) is 20.8 Å². The second-order valence-corrected chi connectivity index (χ2v) is 6.57. The third-order valence-corrected chi connectivity index (χ3v) is 5.10. The van der Waals surface area contributed by atoms with Crippen LogP contribution in [-0.4, -0.2) is 59.7 Å². The zero-order valence-electron chi connectivity index (χ0n) is 12.0. The number of nitrogens with zero attached hydrogens (tertiary/aromatic N) is 5. The molecule has 1 aromatic heterocycles. The number of hydrogen-bond donors (Lipinski definition) is 0. The zero-order chi connectivity index (χ0) is 15.5. The number of hydrogen-bond acceptors (Lipinski definition) is 6. The molecule has 1 atom stereocenters. The lowest BCUT2D eigenvalue weighted by Crippen LogP contribution is -2.37. The number of methoxy groups -OCH3 is 1. The molecule has 0 amide bonds. The Hall–Kier alpha value is -1.84. The van der Waals surface area contributed by atoms with Crippen molar-refractivity contribution in [3.8, 4) is 5.69 Å². The van der Waals surface area contributed by atoms with Crippen LogP contribution >= 0.6 is 0 Å². The Morgan fingerprint density at radius 1 is 1.43 bits per heavy atom. The van der Waals surface area contributed by atoms with Crippen LogP contribution in [0.1, 0.15) is 6.92 Å². The highest BCUT2D eigenvalue weighted by Crippen LogP contribution is 2.19. The third-order valence-electron chi connectivity index (χ3n) is 3.14. The quantitative estimate of drug-likeness (QED) is 0.763. The van der Waals surface area contributed by atoms with E-state index < -0.39 is 10.0 Å². The van der Waals surface area contributed by atoms with Crippen LogP contribution < -0.4 is 0 Å². The standard InChI is InChI=1S/C12H17N5O3S/c1-10(8-20-3)16(2)21(18,19)12-6-4-5-11(7-12)17-9-13-14-15-17/h4-7,9-10H,8H2,1-3H3/t10-/m1/s1. The maximum absolute atomic E-state index is 12.6. The minimum Gasteiger partial charge on any atom is -0.383 e. The first-order valence-electron chi connectivity index (χ1n) is 6.27. The Morgan fingerprint density at radius 2 is 2.19 bits per heavy atom. The van der Waals surface area contributed by atoms with E-state index in [2.05, 4.69) is 15.5 Å². The van der Waals surface area contributed by atoms with Gasteiger partial charge >= 0.3 is 0 Å². The molecule has 1 heterocycles. The molecule has 21 heavy (non-hydrogen) atoms. The van der Waals surface area contributed by atoms with Crippen molar-refractivity contribution < 1.29 is 13.2 Å². The van der Waals surface area contributed by atoms with Crippen LogP contribution in [-0.2, 0) is 14.8 Å². The number of benzene rings is 1. The molecule has 0 aliphatic heterocycles. The number of sulfonamides is 1. The molecule has 0 bridgehead atoms. The molecule has 2 rings (SSSR count). The molecular formula is C12H17N5O3S. The SMILES string of the molecule is COC[C@@H](C)N(C)S(=O)(=O)c1cccc(-n2cnnn2)c1. The summed E-state index contributed by atoms with van der Waals surface area (Å²) in [6, 6.07) is 6.19. The van der Waals surface area contributed by atoms with Crippen molar-refractivity contribution in [2.45, 2.75) is 17.9 Å². The molecule has 8 nitrogen and oxygen atoms in total. The summed E-state index contributed by atoms with van der Waals surface area (Å²) >= 11 is 0. The molecule has 114 valence electrons. The van der Waals surface area contributed by atoms with Gasteiger partial charge in [-0.1, -0.05) is 6.07 Å². The molecule has 0 aliphatic rings. The predicted octanol–water partition coefficient (Wildman–Crippen LogP) is 0.318. The lowest BCUT2D eigenvalue weighted by molar-refractivity contribution is 0.149. The number of tetrazole rings is 1. The van der Waals surface area contributed by atoms with Gasteiger partial charge < -0.3 is 4.74 Å². The number of ether oxygens (including phenoxy) is 1. The molecule has 0 unspecified atom stereocenters. The smallest absolute Gasteiger partial charge is 0.243 e. The molecule has 0 aliphatic carbocycles. The van der Waals surface area contributed by atoms with Gasteiger partial charge in [-0.05, 0) is 35.5 Å². The summed E-state index contributed by atoms with van der Waals surface area (Å²) in [5.74, 6) is 0. The van der Waals surface area contributed by atoms with Crippen LogP contribution in [0.4, 0.5) is 0 Å². The average Bonchev–Trinajstić information content (AvgIpc) is 3.01. The van der Waals surface area contributed by atoms with Gasteiger partial charge in [-0.15, -0.1) is 5.10 Å². The van der Waals surface area contributed by atoms with E-state index in [1.54, 1.807) is 25.1 Å². The topological polar surface area (TPSA) is 90.2 Å². The first-order valence-corrected chi connectivity index (χ1v) is 7.71. The van der Waals surface area contributed by atoms with Gasteiger partial charge in [0.1, 0.15) is 6.33 Å². The summed E-state index contributed by atoms with van der Waals surface area (Å²) in [5, 5.41) is 10.8. The molecule has 0 saturated heterocycles. The van der Waals surface area contributed by atoms with Gasteiger partial charge in [0, 0.05) is 20.2 Å². The second-order valence-electron chi connectivity index (χ2n) is 4.58. The van der Waals surface area contributed by atoms with Crippen molar-refractivity contribution in [1.82, 2.24) is 24.5 Å². The Kier molecular flexibility index (Phi) is 4.66. The van der Waals surface area contributed by atoms with Crippen LogP contribution in [0.3, 0.4) is 0 Å². The van der Waals surface area contributed by atoms with Crippen molar-refractivity contribution in [2.24, 2.45) is 0 Å². The highest BCUT2D eigenvalue weighted by atomic mass is 32.2. The molecule has 0 N–H and O–H groups in total. The Balaban J connectivity index is 2.35. The van der Waals surface area contributed by atoms with Crippen LogP contribution in [0, 0.1) is 0 Å².